The first-order valence-corrected chi connectivity index (χ1v) is 8.68. The van der Waals surface area contributed by atoms with E-state index in [2.05, 4.69) is 83.4 Å². The summed E-state index contributed by atoms with van der Waals surface area (Å²) in [6, 6.07) is 28.5. The number of aromatic nitrogens is 1. The number of nitrogens with zero attached hydrogens (tertiary/aromatic N) is 1. The summed E-state index contributed by atoms with van der Waals surface area (Å²) in [6.45, 7) is 1.10. The lowest BCUT2D eigenvalue weighted by Gasteiger charge is -2.18. The minimum atomic E-state index is 1.10. The summed E-state index contributed by atoms with van der Waals surface area (Å²) < 4.78 is 2.55. The summed E-state index contributed by atoms with van der Waals surface area (Å²) in [5.74, 6) is 0. The molecule has 0 fully saturated rings. The molecule has 0 bridgehead atoms. The molecular formula is C23H19N. The highest BCUT2D eigenvalue weighted by Gasteiger charge is 2.23. The van der Waals surface area contributed by atoms with E-state index in [9.17, 15) is 0 Å². The Morgan fingerprint density at radius 1 is 0.667 bits per heavy atom. The van der Waals surface area contributed by atoms with Gasteiger partial charge in [-0.25, -0.2) is 0 Å². The fourth-order valence-corrected chi connectivity index (χ4v) is 4.13. The second-order valence-corrected chi connectivity index (χ2v) is 6.52. The lowest BCUT2D eigenvalue weighted by molar-refractivity contribution is 0.641. The van der Waals surface area contributed by atoms with Crippen LogP contribution in [-0.4, -0.2) is 4.57 Å². The molecule has 1 heteroatoms. The Morgan fingerprint density at radius 2 is 1.38 bits per heavy atom. The van der Waals surface area contributed by atoms with Crippen LogP contribution >= 0.6 is 0 Å². The molecule has 0 amide bonds. The number of rotatable bonds is 2. The summed E-state index contributed by atoms with van der Waals surface area (Å²) in [5, 5.41) is 1.39. The molecule has 0 N–H and O–H groups in total. The average molecular weight is 309 g/mol. The van der Waals surface area contributed by atoms with Crippen LogP contribution in [0.3, 0.4) is 0 Å². The van der Waals surface area contributed by atoms with Gasteiger partial charge < -0.3 is 4.57 Å². The fourth-order valence-electron chi connectivity index (χ4n) is 4.13. The molecule has 0 saturated heterocycles. The molecule has 0 unspecified atom stereocenters. The monoisotopic (exact) mass is 309 g/mol. The third-order valence-corrected chi connectivity index (χ3v) is 5.10. The molecule has 0 radical (unpaired) electrons. The maximum atomic E-state index is 2.55. The molecule has 0 saturated carbocycles. The van der Waals surface area contributed by atoms with Gasteiger partial charge in [-0.1, -0.05) is 78.9 Å². The number of hydrogen-bond acceptors (Lipinski definition) is 0. The van der Waals surface area contributed by atoms with Crippen LogP contribution in [0.4, 0.5) is 0 Å². The Hall–Kier alpha value is -2.80. The summed E-state index contributed by atoms with van der Waals surface area (Å²) in [6.07, 6.45) is 2.40. The zero-order valence-corrected chi connectivity index (χ0v) is 13.6. The van der Waals surface area contributed by atoms with Gasteiger partial charge in [-0.05, 0) is 29.5 Å². The van der Waals surface area contributed by atoms with Crippen molar-refractivity contribution in [2.45, 2.75) is 19.4 Å². The van der Waals surface area contributed by atoms with Gasteiger partial charge >= 0.3 is 0 Å². The standard InChI is InChI=1S/C23H19N/c1-3-9-17(10-4-1)21-20-15-7-13-18-14-8-16-24(22(18)20)23(21)19-11-5-2-6-12-19/h1-7,9-13,15H,8,14,16H2. The van der Waals surface area contributed by atoms with Gasteiger partial charge in [-0.2, -0.15) is 0 Å². The first-order valence-electron chi connectivity index (χ1n) is 8.68. The zero-order chi connectivity index (χ0) is 15.9. The molecular weight excluding hydrogens is 290 g/mol. The largest absolute Gasteiger partial charge is 0.340 e. The maximum absolute atomic E-state index is 2.55. The zero-order valence-electron chi connectivity index (χ0n) is 13.6. The van der Waals surface area contributed by atoms with E-state index in [4.69, 9.17) is 0 Å². The van der Waals surface area contributed by atoms with Crippen LogP contribution in [0.1, 0.15) is 12.0 Å². The van der Waals surface area contributed by atoms with Crippen molar-refractivity contribution >= 4 is 10.9 Å². The van der Waals surface area contributed by atoms with E-state index in [1.165, 1.54) is 51.7 Å². The van der Waals surface area contributed by atoms with Crippen molar-refractivity contribution in [1.82, 2.24) is 4.57 Å². The molecule has 1 aliphatic rings. The molecule has 1 aliphatic heterocycles. The van der Waals surface area contributed by atoms with Crippen LogP contribution in [0, 0.1) is 0 Å². The van der Waals surface area contributed by atoms with Gasteiger partial charge in [0.25, 0.3) is 0 Å². The molecule has 116 valence electrons. The summed E-state index contributed by atoms with van der Waals surface area (Å²) in [7, 11) is 0. The smallest absolute Gasteiger partial charge is 0.0571 e. The summed E-state index contributed by atoms with van der Waals surface area (Å²) in [4.78, 5) is 0. The van der Waals surface area contributed by atoms with E-state index >= 15 is 0 Å². The Morgan fingerprint density at radius 3 is 2.12 bits per heavy atom. The minimum absolute atomic E-state index is 1.10. The highest BCUT2D eigenvalue weighted by molar-refractivity contribution is 6.05. The van der Waals surface area contributed by atoms with Gasteiger partial charge in [0.15, 0.2) is 0 Å². The molecule has 1 nitrogen and oxygen atoms in total. The predicted molar refractivity (Wildman–Crippen MR) is 101 cm³/mol. The lowest BCUT2D eigenvalue weighted by atomic mass is 9.97. The quantitative estimate of drug-likeness (QED) is 0.433. The van der Waals surface area contributed by atoms with Crippen molar-refractivity contribution in [3.05, 3.63) is 84.4 Å². The highest BCUT2D eigenvalue weighted by atomic mass is 15.0. The highest BCUT2D eigenvalue weighted by Crippen LogP contribution is 2.43. The number of hydrogen-bond donors (Lipinski definition) is 0. The van der Waals surface area contributed by atoms with Gasteiger partial charge in [-0.3, -0.25) is 0 Å². The van der Waals surface area contributed by atoms with E-state index in [-0.39, 0.29) is 0 Å². The fraction of sp³-hybridized carbons (Fsp3) is 0.130. The predicted octanol–water partition coefficient (Wildman–Crippen LogP) is 5.92. The van der Waals surface area contributed by atoms with Crippen LogP contribution in [0.15, 0.2) is 78.9 Å². The van der Waals surface area contributed by atoms with Crippen LogP contribution in [0.5, 0.6) is 0 Å². The second kappa shape index (κ2) is 5.38. The van der Waals surface area contributed by atoms with Gasteiger partial charge in [0.2, 0.25) is 0 Å². The normalized spacial score (nSPS) is 13.3. The van der Waals surface area contributed by atoms with E-state index in [0.29, 0.717) is 0 Å². The first kappa shape index (κ1) is 13.6. The van der Waals surface area contributed by atoms with Crippen LogP contribution in [0.2, 0.25) is 0 Å². The Kier molecular flexibility index (Phi) is 3.05. The van der Waals surface area contributed by atoms with Crippen molar-refractivity contribution < 1.29 is 0 Å². The van der Waals surface area contributed by atoms with Gasteiger partial charge in [0.1, 0.15) is 0 Å². The molecule has 24 heavy (non-hydrogen) atoms. The van der Waals surface area contributed by atoms with Crippen molar-refractivity contribution in [2.75, 3.05) is 0 Å². The molecule has 0 spiro atoms. The van der Waals surface area contributed by atoms with Crippen molar-refractivity contribution in [1.29, 1.82) is 0 Å². The Balaban J connectivity index is 1.95. The average Bonchev–Trinajstić information content (AvgIpc) is 3.00. The first-order chi connectivity index (χ1) is 11.9. The van der Waals surface area contributed by atoms with E-state index in [1.807, 2.05) is 0 Å². The minimum Gasteiger partial charge on any atom is -0.340 e. The van der Waals surface area contributed by atoms with Crippen LogP contribution in [-0.2, 0) is 13.0 Å². The topological polar surface area (TPSA) is 4.93 Å². The van der Waals surface area contributed by atoms with Crippen molar-refractivity contribution in [2.24, 2.45) is 0 Å². The SMILES string of the molecule is c1ccc(-c2c(-c3ccccc3)n3c4c(cccc24)CCC3)cc1. The molecule has 1 aromatic heterocycles. The molecule has 0 aliphatic carbocycles. The Bertz CT molecular complexity index is 1010. The summed E-state index contributed by atoms with van der Waals surface area (Å²) in [5.41, 5.74) is 8.27. The van der Waals surface area contributed by atoms with Gasteiger partial charge in [0.05, 0.1) is 11.2 Å². The maximum Gasteiger partial charge on any atom is 0.0571 e. The third-order valence-electron chi connectivity index (χ3n) is 5.10. The van der Waals surface area contributed by atoms with E-state index in [0.717, 1.165) is 6.54 Å². The van der Waals surface area contributed by atoms with Crippen molar-refractivity contribution in [3.8, 4) is 22.4 Å². The number of aryl methyl sites for hydroxylation is 2. The number of para-hydroxylation sites is 1. The molecule has 4 aromatic rings. The molecule has 5 rings (SSSR count). The lowest BCUT2D eigenvalue weighted by Crippen LogP contribution is -2.08. The second-order valence-electron chi connectivity index (χ2n) is 6.52. The molecule has 0 atom stereocenters. The van der Waals surface area contributed by atoms with Gasteiger partial charge in [-0.15, -0.1) is 0 Å². The Labute approximate surface area is 142 Å². The molecule has 2 heterocycles. The van der Waals surface area contributed by atoms with Gasteiger partial charge in [0, 0.05) is 17.5 Å². The van der Waals surface area contributed by atoms with E-state index < -0.39 is 0 Å². The van der Waals surface area contributed by atoms with E-state index in [1.54, 1.807) is 0 Å². The van der Waals surface area contributed by atoms with Crippen LogP contribution < -0.4 is 0 Å². The van der Waals surface area contributed by atoms with Crippen molar-refractivity contribution in [3.63, 3.8) is 0 Å². The number of benzene rings is 3. The van der Waals surface area contributed by atoms with Crippen LogP contribution in [0.25, 0.3) is 33.3 Å². The summed E-state index contributed by atoms with van der Waals surface area (Å²) >= 11 is 0. The third kappa shape index (κ3) is 1.94. The molecule has 3 aromatic carbocycles.